The molecule has 0 aliphatic carbocycles. The molecule has 35 heavy (non-hydrogen) atoms. The van der Waals surface area contributed by atoms with Gasteiger partial charge in [-0.15, -0.1) is 0 Å². The molecule has 6 heteroatoms. The van der Waals surface area contributed by atoms with Crippen LogP contribution in [-0.2, 0) is 11.2 Å². The Morgan fingerprint density at radius 2 is 1.86 bits per heavy atom. The largest absolute Gasteiger partial charge is 0.356 e. The van der Waals surface area contributed by atoms with E-state index in [4.69, 9.17) is 0 Å². The predicted molar refractivity (Wildman–Crippen MR) is 137 cm³/mol. The van der Waals surface area contributed by atoms with E-state index in [9.17, 15) is 9.59 Å². The van der Waals surface area contributed by atoms with E-state index in [1.54, 1.807) is 12.4 Å². The predicted octanol–water partition coefficient (Wildman–Crippen LogP) is 3.93. The lowest BCUT2D eigenvalue weighted by atomic mass is 9.69. The summed E-state index contributed by atoms with van der Waals surface area (Å²) in [5.41, 5.74) is 1.92. The van der Waals surface area contributed by atoms with Gasteiger partial charge in [0.15, 0.2) is 0 Å². The molecule has 1 N–H and O–H groups in total. The number of rotatable bonds is 8. The number of likely N-dealkylation sites (tertiary alicyclic amines) is 1. The van der Waals surface area contributed by atoms with Crippen LogP contribution in [0.3, 0.4) is 0 Å². The molecule has 0 unspecified atom stereocenters. The number of nitrogens with zero attached hydrogens (tertiary/aromatic N) is 3. The quantitative estimate of drug-likeness (QED) is 0.630. The summed E-state index contributed by atoms with van der Waals surface area (Å²) < 4.78 is 0. The number of hydrogen-bond donors (Lipinski definition) is 1. The lowest BCUT2D eigenvalue weighted by molar-refractivity contribution is -0.121. The van der Waals surface area contributed by atoms with E-state index in [1.807, 2.05) is 30.3 Å². The van der Waals surface area contributed by atoms with Gasteiger partial charge in [0.1, 0.15) is 0 Å². The number of nitrogens with one attached hydrogen (secondary N) is 1. The minimum absolute atomic E-state index is 0.108. The lowest BCUT2D eigenvalue weighted by Crippen LogP contribution is -2.65. The highest BCUT2D eigenvalue weighted by Gasteiger charge is 2.49. The molecule has 0 bridgehead atoms. The molecular weight excluding hydrogens is 436 g/mol. The molecule has 186 valence electrons. The highest BCUT2D eigenvalue weighted by molar-refractivity contribution is 5.94. The van der Waals surface area contributed by atoms with Crippen molar-refractivity contribution in [1.82, 2.24) is 20.1 Å². The number of pyridine rings is 1. The third kappa shape index (κ3) is 5.58. The van der Waals surface area contributed by atoms with Crippen LogP contribution in [0.15, 0.2) is 54.9 Å². The van der Waals surface area contributed by atoms with Gasteiger partial charge in [-0.25, -0.2) is 0 Å². The highest BCUT2D eigenvalue weighted by Crippen LogP contribution is 2.43. The Kier molecular flexibility index (Phi) is 7.77. The van der Waals surface area contributed by atoms with Gasteiger partial charge in [-0.1, -0.05) is 30.3 Å². The second kappa shape index (κ2) is 11.3. The fraction of sp³-hybridized carbons (Fsp3) is 0.552. The molecule has 6 nitrogen and oxygen atoms in total. The van der Waals surface area contributed by atoms with E-state index in [-0.39, 0.29) is 17.9 Å². The molecule has 1 aromatic heterocycles. The van der Waals surface area contributed by atoms with Crippen LogP contribution in [-0.4, -0.2) is 64.9 Å². The number of aromatic nitrogens is 1. The molecule has 5 rings (SSSR count). The zero-order valence-corrected chi connectivity index (χ0v) is 20.6. The van der Waals surface area contributed by atoms with Crippen molar-refractivity contribution in [3.8, 4) is 0 Å². The SMILES string of the molecule is O=C(CCC[C@@H]1[C@H]2CCCN3CCC[C@@H](CN1C(=O)c1cccnc1)[C@@H]23)NCCc1ccccc1. The van der Waals surface area contributed by atoms with Gasteiger partial charge in [-0.2, -0.15) is 0 Å². The van der Waals surface area contributed by atoms with Crippen molar-refractivity contribution < 1.29 is 9.59 Å². The van der Waals surface area contributed by atoms with Crippen LogP contribution >= 0.6 is 0 Å². The Labute approximate surface area is 209 Å². The number of carbonyl (C=O) groups is 2. The van der Waals surface area contributed by atoms with Crippen LogP contribution in [0.2, 0.25) is 0 Å². The summed E-state index contributed by atoms with van der Waals surface area (Å²) in [6.45, 7) is 3.90. The Hall–Kier alpha value is -2.73. The molecule has 1 aromatic carbocycles. The molecule has 3 fully saturated rings. The topological polar surface area (TPSA) is 65.5 Å². The highest BCUT2D eigenvalue weighted by atomic mass is 16.2. The summed E-state index contributed by atoms with van der Waals surface area (Å²) in [5, 5.41) is 3.08. The van der Waals surface area contributed by atoms with Gasteiger partial charge in [0.05, 0.1) is 5.56 Å². The Morgan fingerprint density at radius 3 is 2.66 bits per heavy atom. The van der Waals surface area contributed by atoms with Crippen molar-refractivity contribution in [2.24, 2.45) is 11.8 Å². The summed E-state index contributed by atoms with van der Waals surface area (Å²) >= 11 is 0. The summed E-state index contributed by atoms with van der Waals surface area (Å²) in [7, 11) is 0. The Balaban J connectivity index is 1.22. The summed E-state index contributed by atoms with van der Waals surface area (Å²) in [4.78, 5) is 35.2. The second-order valence-corrected chi connectivity index (χ2v) is 10.5. The molecule has 3 aliphatic rings. The van der Waals surface area contributed by atoms with Crippen LogP contribution < -0.4 is 5.32 Å². The van der Waals surface area contributed by atoms with Crippen molar-refractivity contribution in [2.45, 2.75) is 63.5 Å². The number of hydrogen-bond acceptors (Lipinski definition) is 4. The van der Waals surface area contributed by atoms with E-state index in [0.717, 1.165) is 25.8 Å². The Morgan fingerprint density at radius 1 is 1.03 bits per heavy atom. The molecule has 3 saturated heterocycles. The summed E-state index contributed by atoms with van der Waals surface area (Å²) in [6.07, 6.45) is 11.3. The van der Waals surface area contributed by atoms with Crippen LogP contribution in [0.5, 0.6) is 0 Å². The molecule has 0 saturated carbocycles. The molecular formula is C29H38N4O2. The lowest BCUT2D eigenvalue weighted by Gasteiger charge is -2.57. The standard InChI is InChI=1S/C29H38N4O2/c34-27(31-17-15-22-8-2-1-3-9-22)14-4-13-26-25-12-7-19-32-18-6-11-24(28(25)32)21-33(26)29(35)23-10-5-16-30-20-23/h1-3,5,8-10,16,20,24-26,28H,4,6-7,11-15,17-19,21H2,(H,31,34)/t24-,25+,26+,28-/m0/s1. The smallest absolute Gasteiger partial charge is 0.255 e. The number of carbonyl (C=O) groups excluding carboxylic acids is 2. The first-order chi connectivity index (χ1) is 17.2. The van der Waals surface area contributed by atoms with Crippen molar-refractivity contribution in [2.75, 3.05) is 26.2 Å². The summed E-state index contributed by atoms with van der Waals surface area (Å²) in [5.74, 6) is 1.29. The first-order valence-corrected chi connectivity index (χ1v) is 13.5. The maximum Gasteiger partial charge on any atom is 0.255 e. The van der Waals surface area contributed by atoms with E-state index >= 15 is 0 Å². The van der Waals surface area contributed by atoms with Gasteiger partial charge in [0.2, 0.25) is 5.91 Å². The van der Waals surface area contributed by atoms with Crippen LogP contribution in [0, 0.1) is 11.8 Å². The average molecular weight is 475 g/mol. The fourth-order valence-corrected chi connectivity index (χ4v) is 6.80. The monoisotopic (exact) mass is 474 g/mol. The average Bonchev–Trinajstić information content (AvgIpc) is 2.90. The zero-order chi connectivity index (χ0) is 24.0. The van der Waals surface area contributed by atoms with Gasteiger partial charge in [-0.3, -0.25) is 19.5 Å². The third-order valence-corrected chi connectivity index (χ3v) is 8.32. The van der Waals surface area contributed by atoms with E-state index in [0.29, 0.717) is 36.4 Å². The van der Waals surface area contributed by atoms with Crippen molar-refractivity contribution in [3.05, 3.63) is 66.0 Å². The maximum atomic E-state index is 13.6. The van der Waals surface area contributed by atoms with Crippen molar-refractivity contribution >= 4 is 11.8 Å². The van der Waals surface area contributed by atoms with Gasteiger partial charge < -0.3 is 10.2 Å². The third-order valence-electron chi connectivity index (χ3n) is 8.32. The normalized spacial score (nSPS) is 26.1. The fourth-order valence-electron chi connectivity index (χ4n) is 6.80. The van der Waals surface area contributed by atoms with Crippen LogP contribution in [0.4, 0.5) is 0 Å². The number of amides is 2. The summed E-state index contributed by atoms with van der Waals surface area (Å²) in [6, 6.07) is 14.8. The van der Waals surface area contributed by atoms with Crippen LogP contribution in [0.1, 0.15) is 60.9 Å². The van der Waals surface area contributed by atoms with Crippen molar-refractivity contribution in [3.63, 3.8) is 0 Å². The molecule has 0 spiro atoms. The number of piperidine rings is 3. The van der Waals surface area contributed by atoms with E-state index in [1.165, 1.54) is 44.3 Å². The zero-order valence-electron chi connectivity index (χ0n) is 20.6. The van der Waals surface area contributed by atoms with Crippen LogP contribution in [0.25, 0.3) is 0 Å². The molecule has 4 atom stereocenters. The Bertz CT molecular complexity index is 981. The first-order valence-electron chi connectivity index (χ1n) is 13.5. The second-order valence-electron chi connectivity index (χ2n) is 10.5. The minimum Gasteiger partial charge on any atom is -0.356 e. The molecule has 0 radical (unpaired) electrons. The van der Waals surface area contributed by atoms with E-state index < -0.39 is 0 Å². The van der Waals surface area contributed by atoms with Crippen molar-refractivity contribution in [1.29, 1.82) is 0 Å². The molecule has 4 heterocycles. The molecule has 2 amide bonds. The van der Waals surface area contributed by atoms with Gasteiger partial charge in [0.25, 0.3) is 5.91 Å². The number of benzene rings is 1. The van der Waals surface area contributed by atoms with Gasteiger partial charge in [-0.05, 0) is 87.6 Å². The molecule has 2 aromatic rings. The van der Waals surface area contributed by atoms with Gasteiger partial charge in [0, 0.05) is 44.0 Å². The van der Waals surface area contributed by atoms with Gasteiger partial charge >= 0.3 is 0 Å². The minimum atomic E-state index is 0.108. The first kappa shape index (κ1) is 24.0. The maximum absolute atomic E-state index is 13.6. The molecule has 3 aliphatic heterocycles. The van der Waals surface area contributed by atoms with E-state index in [2.05, 4.69) is 32.2 Å².